The molecule has 0 amide bonds. The van der Waals surface area contributed by atoms with Crippen molar-refractivity contribution in [1.29, 1.82) is 5.26 Å². The van der Waals surface area contributed by atoms with Gasteiger partial charge in [0, 0.05) is 53.8 Å². The fourth-order valence-electron chi connectivity index (χ4n) is 7.94. The quantitative estimate of drug-likeness (QED) is 0.123. The second kappa shape index (κ2) is 15.8. The van der Waals surface area contributed by atoms with Crippen LogP contribution >= 0.6 is 0 Å². The van der Waals surface area contributed by atoms with Gasteiger partial charge in [0.05, 0.1) is 17.2 Å². The van der Waals surface area contributed by atoms with Crippen molar-refractivity contribution in [3.05, 3.63) is 162 Å². The van der Waals surface area contributed by atoms with E-state index in [0.29, 0.717) is 17.1 Å². The first-order valence-corrected chi connectivity index (χ1v) is 20.7. The SMILES string of the molecule is CC(C)(C)c1cc([N+]2=C=[N+](c3[c-]c(Oc4[c-]c5c(cc4)c4cc(C#N)ccc4n5-c4cc(C(C)(C)C)ccn4)ccc3)c3cccc(-c4ccncc4)c32)cc(C(C)(C)C)c1.[Pt+2]. The van der Waals surface area contributed by atoms with Crippen LogP contribution in [0.3, 0.4) is 0 Å². The molecule has 8 aromatic rings. The Morgan fingerprint density at radius 2 is 1.35 bits per heavy atom. The minimum Gasteiger partial charge on any atom is -0.509 e. The second-order valence-corrected chi connectivity index (χ2v) is 18.9. The largest absolute Gasteiger partial charge is 2.00 e. The molecule has 5 aromatic carbocycles. The van der Waals surface area contributed by atoms with E-state index in [1.54, 1.807) is 0 Å². The Morgan fingerprint density at radius 3 is 2.05 bits per heavy atom. The molecule has 0 bridgehead atoms. The number of pyridine rings is 2. The third-order valence-corrected chi connectivity index (χ3v) is 11.4. The van der Waals surface area contributed by atoms with Gasteiger partial charge in [-0.3, -0.25) is 4.98 Å². The smallest absolute Gasteiger partial charge is 0.509 e. The standard InChI is InChI=1S/C54H48N6O.Pt/c1-52(2,3)37-22-25-57-50(30-37)60-47-19-16-35(33-55)26-46(47)45-18-17-43(32-49(45)60)61-42-13-10-12-40(31-42)58-34-59(41-28-38(53(4,5)6)27-39(29-41)54(7,8)9)51-44(14-11-15-48(51)58)36-20-23-56-24-21-36;/h10-30H,1-9H3;/q;+2. The van der Waals surface area contributed by atoms with Crippen molar-refractivity contribution < 1.29 is 25.8 Å². The zero-order chi connectivity index (χ0) is 42.8. The van der Waals surface area contributed by atoms with E-state index in [2.05, 4.69) is 166 Å². The first-order valence-electron chi connectivity index (χ1n) is 20.7. The molecule has 0 spiro atoms. The fraction of sp³-hybridized carbons (Fsp3) is 0.222. The predicted octanol–water partition coefficient (Wildman–Crippen LogP) is 13.3. The van der Waals surface area contributed by atoms with Crippen molar-refractivity contribution in [2.75, 3.05) is 0 Å². The molecule has 0 N–H and O–H groups in total. The van der Waals surface area contributed by atoms with Gasteiger partial charge in [-0.2, -0.15) is 17.4 Å². The van der Waals surface area contributed by atoms with Gasteiger partial charge < -0.3 is 9.30 Å². The third kappa shape index (κ3) is 7.82. The normalized spacial score (nSPS) is 12.7. The summed E-state index contributed by atoms with van der Waals surface area (Å²) in [5.41, 5.74) is 11.8. The molecule has 3 aromatic heterocycles. The monoisotopic (exact) mass is 991 g/mol. The molecule has 1 aliphatic heterocycles. The minimum absolute atomic E-state index is 0. The zero-order valence-electron chi connectivity index (χ0n) is 36.5. The maximum Gasteiger partial charge on any atom is 2.00 e. The van der Waals surface area contributed by atoms with Gasteiger partial charge in [0.2, 0.25) is 5.69 Å². The summed E-state index contributed by atoms with van der Waals surface area (Å²) < 4.78 is 13.0. The molecule has 62 heavy (non-hydrogen) atoms. The number of nitriles is 1. The summed E-state index contributed by atoms with van der Waals surface area (Å²) in [6, 6.07) is 50.5. The van der Waals surface area contributed by atoms with Crippen LogP contribution in [0.2, 0.25) is 0 Å². The summed E-state index contributed by atoms with van der Waals surface area (Å²) in [4.78, 5) is 9.14. The van der Waals surface area contributed by atoms with E-state index in [1.165, 1.54) is 16.7 Å². The molecule has 0 atom stereocenters. The van der Waals surface area contributed by atoms with Crippen molar-refractivity contribution in [3.8, 4) is 34.5 Å². The average Bonchev–Trinajstić information content (AvgIpc) is 3.79. The Bertz CT molecular complexity index is 3130. The number of nitrogens with zero attached hydrogens (tertiary/aromatic N) is 6. The van der Waals surface area contributed by atoms with Gasteiger partial charge in [0.25, 0.3) is 5.69 Å². The van der Waals surface area contributed by atoms with Crippen LogP contribution in [0.5, 0.6) is 11.5 Å². The van der Waals surface area contributed by atoms with E-state index in [4.69, 9.17) is 9.72 Å². The van der Waals surface area contributed by atoms with Crippen LogP contribution in [0.4, 0.5) is 22.7 Å². The molecule has 0 saturated heterocycles. The number of rotatable bonds is 6. The molecule has 8 heteroatoms. The van der Waals surface area contributed by atoms with Gasteiger partial charge in [-0.15, -0.1) is 23.6 Å². The molecule has 0 radical (unpaired) electrons. The van der Waals surface area contributed by atoms with Crippen LogP contribution in [0.25, 0.3) is 38.8 Å². The molecule has 1 aliphatic rings. The molecule has 0 saturated carbocycles. The van der Waals surface area contributed by atoms with Crippen molar-refractivity contribution in [3.63, 3.8) is 0 Å². The van der Waals surface area contributed by atoms with Crippen molar-refractivity contribution in [2.45, 2.75) is 78.6 Å². The maximum absolute atomic E-state index is 9.79. The van der Waals surface area contributed by atoms with Crippen molar-refractivity contribution >= 4 is 50.6 Å². The van der Waals surface area contributed by atoms with E-state index in [1.807, 2.05) is 67.1 Å². The number of fused-ring (bicyclic) bond motifs is 4. The van der Waals surface area contributed by atoms with Gasteiger partial charge in [0.1, 0.15) is 11.5 Å². The number of ether oxygens (including phenoxy) is 1. The van der Waals surface area contributed by atoms with Gasteiger partial charge in [-0.05, 0) is 97.0 Å². The summed E-state index contributed by atoms with van der Waals surface area (Å²) in [5.74, 6) is 1.84. The molecule has 7 nitrogen and oxygen atoms in total. The maximum atomic E-state index is 9.79. The Labute approximate surface area is 378 Å². The number of hydrogen-bond acceptors (Lipinski definition) is 4. The van der Waals surface area contributed by atoms with Crippen LogP contribution in [0.1, 0.15) is 84.6 Å². The Morgan fingerprint density at radius 1 is 0.661 bits per heavy atom. The van der Waals surface area contributed by atoms with E-state index >= 15 is 0 Å². The predicted molar refractivity (Wildman–Crippen MR) is 248 cm³/mol. The van der Waals surface area contributed by atoms with E-state index in [9.17, 15) is 5.26 Å². The summed E-state index contributed by atoms with van der Waals surface area (Å²) in [6.45, 7) is 20.2. The van der Waals surface area contributed by atoms with Gasteiger partial charge >= 0.3 is 32.8 Å². The zero-order valence-corrected chi connectivity index (χ0v) is 38.8. The van der Waals surface area contributed by atoms with E-state index in [0.717, 1.165) is 61.5 Å². The fourth-order valence-corrected chi connectivity index (χ4v) is 7.94. The van der Waals surface area contributed by atoms with Gasteiger partial charge in [0.15, 0.2) is 0 Å². The number of aromatic nitrogens is 3. The molecule has 4 heterocycles. The summed E-state index contributed by atoms with van der Waals surface area (Å²) in [5, 5.41) is 11.7. The first-order chi connectivity index (χ1) is 29.1. The van der Waals surface area contributed by atoms with Crippen molar-refractivity contribution in [1.82, 2.24) is 23.7 Å². The number of hydrogen-bond donors (Lipinski definition) is 0. The van der Waals surface area contributed by atoms with Crippen LogP contribution in [-0.2, 0) is 37.3 Å². The van der Waals surface area contributed by atoms with Gasteiger partial charge in [-0.25, -0.2) is 4.98 Å². The summed E-state index contributed by atoms with van der Waals surface area (Å²) >= 11 is 0. The molecular weight excluding hydrogens is 944 g/mol. The molecule has 9 rings (SSSR count). The Balaban J connectivity index is 0.00000529. The number of para-hydroxylation sites is 1. The van der Waals surface area contributed by atoms with Crippen LogP contribution < -0.4 is 13.9 Å². The van der Waals surface area contributed by atoms with Crippen molar-refractivity contribution in [2.24, 2.45) is 0 Å². The Kier molecular flexibility index (Phi) is 10.8. The molecule has 0 aliphatic carbocycles. The van der Waals surface area contributed by atoms with Crippen LogP contribution in [0, 0.1) is 23.5 Å². The third-order valence-electron chi connectivity index (χ3n) is 11.4. The summed E-state index contributed by atoms with van der Waals surface area (Å²) in [6.07, 6.45) is 5.53. The van der Waals surface area contributed by atoms with Crippen LogP contribution in [-0.4, -0.2) is 20.5 Å². The topological polar surface area (TPSA) is 69.8 Å². The summed E-state index contributed by atoms with van der Waals surface area (Å²) in [7, 11) is 0. The minimum atomic E-state index is -0.0720. The number of benzene rings is 5. The molecule has 0 unspecified atom stereocenters. The van der Waals surface area contributed by atoms with Crippen LogP contribution in [0.15, 0.2) is 128 Å². The first kappa shape index (κ1) is 42.3. The van der Waals surface area contributed by atoms with E-state index in [-0.39, 0.29) is 37.3 Å². The Hall–Kier alpha value is -6.44. The second-order valence-electron chi connectivity index (χ2n) is 18.9. The average molecular weight is 992 g/mol. The van der Waals surface area contributed by atoms with Gasteiger partial charge in [-0.1, -0.05) is 96.7 Å². The molecular formula is C54H48N6OPt+2. The molecule has 308 valence electrons. The molecule has 0 fully saturated rings. The van der Waals surface area contributed by atoms with E-state index < -0.39 is 0 Å².